The number of carbonyl (C=O) groups excluding carboxylic acids is 1. The minimum atomic E-state index is 0.167. The molecule has 2 N–H and O–H groups in total. The molecule has 1 atom stereocenters. The van der Waals surface area contributed by atoms with Gasteiger partial charge in [0.15, 0.2) is 0 Å². The molecular formula is C6H13N2O. The molecule has 9 heavy (non-hydrogen) atoms. The van der Waals surface area contributed by atoms with E-state index in [1.807, 2.05) is 6.92 Å². The van der Waals surface area contributed by atoms with Gasteiger partial charge in [-0.3, -0.25) is 4.79 Å². The highest BCUT2D eigenvalue weighted by Gasteiger charge is 1.96. The van der Waals surface area contributed by atoms with Crippen LogP contribution in [0.5, 0.6) is 0 Å². The summed E-state index contributed by atoms with van der Waals surface area (Å²) in [6.45, 7) is 2.61. The van der Waals surface area contributed by atoms with Crippen molar-refractivity contribution < 1.29 is 4.79 Å². The van der Waals surface area contributed by atoms with Crippen LogP contribution in [-0.4, -0.2) is 30.9 Å². The average Bonchev–Trinajstić information content (AvgIpc) is 1.83. The highest BCUT2D eigenvalue weighted by Crippen LogP contribution is 1.86. The predicted molar refractivity (Wildman–Crippen MR) is 36.6 cm³/mol. The number of hydrogen-bond acceptors (Lipinski definition) is 2. The van der Waals surface area contributed by atoms with Gasteiger partial charge in [-0.15, -0.1) is 0 Å². The molecule has 0 aliphatic heterocycles. The molecule has 0 aliphatic rings. The SMILES string of the molecule is CC(N)CCN(C)[C]=O. The Labute approximate surface area is 55.8 Å². The van der Waals surface area contributed by atoms with Gasteiger partial charge in [-0.1, -0.05) is 0 Å². The van der Waals surface area contributed by atoms with Crippen molar-refractivity contribution in [1.29, 1.82) is 0 Å². The van der Waals surface area contributed by atoms with E-state index in [0.717, 1.165) is 6.42 Å². The molecule has 0 saturated heterocycles. The smallest absolute Gasteiger partial charge is 0.311 e. The Morgan fingerprint density at radius 1 is 1.78 bits per heavy atom. The largest absolute Gasteiger partial charge is 0.337 e. The van der Waals surface area contributed by atoms with Crippen LogP contribution in [-0.2, 0) is 4.79 Å². The summed E-state index contributed by atoms with van der Waals surface area (Å²) in [5.74, 6) is 0. The molecule has 0 saturated carbocycles. The second-order valence-corrected chi connectivity index (χ2v) is 2.28. The molecule has 0 aliphatic carbocycles. The first-order chi connectivity index (χ1) is 4.16. The summed E-state index contributed by atoms with van der Waals surface area (Å²) in [6, 6.07) is 0.167. The first-order valence-electron chi connectivity index (χ1n) is 3.01. The Morgan fingerprint density at radius 3 is 2.67 bits per heavy atom. The van der Waals surface area contributed by atoms with Crippen molar-refractivity contribution >= 4 is 6.41 Å². The lowest BCUT2D eigenvalue weighted by Gasteiger charge is -2.10. The second-order valence-electron chi connectivity index (χ2n) is 2.28. The van der Waals surface area contributed by atoms with Crippen molar-refractivity contribution in [2.45, 2.75) is 19.4 Å². The van der Waals surface area contributed by atoms with Gasteiger partial charge in [0.1, 0.15) is 0 Å². The molecule has 53 valence electrons. The van der Waals surface area contributed by atoms with Crippen LogP contribution in [0.4, 0.5) is 0 Å². The zero-order valence-electron chi connectivity index (χ0n) is 5.92. The van der Waals surface area contributed by atoms with Crippen LogP contribution in [0.3, 0.4) is 0 Å². The van der Waals surface area contributed by atoms with Crippen molar-refractivity contribution in [3.8, 4) is 0 Å². The molecule has 0 aromatic rings. The highest BCUT2D eigenvalue weighted by atomic mass is 16.1. The molecule has 3 nitrogen and oxygen atoms in total. The lowest BCUT2D eigenvalue weighted by molar-refractivity contribution is 0.416. The fourth-order valence-electron chi connectivity index (χ4n) is 0.443. The number of nitrogens with zero attached hydrogens (tertiary/aromatic N) is 1. The Balaban J connectivity index is 3.16. The van der Waals surface area contributed by atoms with Gasteiger partial charge < -0.3 is 10.6 Å². The molecule has 1 radical (unpaired) electrons. The second kappa shape index (κ2) is 4.32. The van der Waals surface area contributed by atoms with E-state index in [1.54, 1.807) is 13.5 Å². The molecule has 1 amide bonds. The van der Waals surface area contributed by atoms with Crippen LogP contribution in [0.15, 0.2) is 0 Å². The van der Waals surface area contributed by atoms with Crippen molar-refractivity contribution in [2.24, 2.45) is 5.73 Å². The van der Waals surface area contributed by atoms with Crippen molar-refractivity contribution in [3.63, 3.8) is 0 Å². The normalized spacial score (nSPS) is 12.8. The third-order valence-electron chi connectivity index (χ3n) is 1.08. The predicted octanol–water partition coefficient (Wildman–Crippen LogP) is -0.277. The fourth-order valence-corrected chi connectivity index (χ4v) is 0.443. The van der Waals surface area contributed by atoms with E-state index >= 15 is 0 Å². The van der Waals surface area contributed by atoms with Crippen LogP contribution in [0.25, 0.3) is 0 Å². The topological polar surface area (TPSA) is 46.3 Å². The van der Waals surface area contributed by atoms with Gasteiger partial charge in [-0.05, 0) is 13.3 Å². The number of rotatable bonds is 4. The molecular weight excluding hydrogens is 116 g/mol. The number of hydrogen-bond donors (Lipinski definition) is 1. The molecule has 0 spiro atoms. The summed E-state index contributed by atoms with van der Waals surface area (Å²) in [5, 5.41) is 0. The quantitative estimate of drug-likeness (QED) is 0.531. The first kappa shape index (κ1) is 8.43. The third kappa shape index (κ3) is 5.30. The van der Waals surface area contributed by atoms with Crippen LogP contribution in [0, 0.1) is 0 Å². The number of nitrogens with two attached hydrogens (primary N) is 1. The summed E-state index contributed by atoms with van der Waals surface area (Å²) in [5.41, 5.74) is 5.44. The summed E-state index contributed by atoms with van der Waals surface area (Å²) in [6.07, 6.45) is 2.59. The Kier molecular flexibility index (Phi) is 4.05. The Bertz CT molecular complexity index is 83.1. The van der Waals surface area contributed by atoms with E-state index in [1.165, 1.54) is 4.90 Å². The zero-order valence-corrected chi connectivity index (χ0v) is 5.92. The number of amides is 1. The fraction of sp³-hybridized carbons (Fsp3) is 0.833. The third-order valence-corrected chi connectivity index (χ3v) is 1.08. The van der Waals surface area contributed by atoms with E-state index in [-0.39, 0.29) is 6.04 Å². The summed E-state index contributed by atoms with van der Waals surface area (Å²) in [7, 11) is 1.69. The maximum absolute atomic E-state index is 9.88. The molecule has 0 fully saturated rings. The van der Waals surface area contributed by atoms with E-state index in [0.29, 0.717) is 6.54 Å². The van der Waals surface area contributed by atoms with Gasteiger partial charge in [0.2, 0.25) is 0 Å². The molecule has 0 aromatic heterocycles. The van der Waals surface area contributed by atoms with Gasteiger partial charge in [0.05, 0.1) is 0 Å². The lowest BCUT2D eigenvalue weighted by Crippen LogP contribution is -2.24. The highest BCUT2D eigenvalue weighted by molar-refractivity contribution is 5.47. The van der Waals surface area contributed by atoms with E-state index in [9.17, 15) is 4.79 Å². The summed E-state index contributed by atoms with van der Waals surface area (Å²) >= 11 is 0. The van der Waals surface area contributed by atoms with Gasteiger partial charge in [0.25, 0.3) is 0 Å². The standard InChI is InChI=1S/C6H13N2O/c1-6(7)3-4-8(2)5-9/h6H,3-4,7H2,1-2H3. The van der Waals surface area contributed by atoms with Crippen LogP contribution in [0.2, 0.25) is 0 Å². The van der Waals surface area contributed by atoms with Crippen molar-refractivity contribution in [3.05, 3.63) is 0 Å². The van der Waals surface area contributed by atoms with Gasteiger partial charge in [0, 0.05) is 19.6 Å². The lowest BCUT2D eigenvalue weighted by atomic mass is 10.2. The maximum Gasteiger partial charge on any atom is 0.311 e. The minimum Gasteiger partial charge on any atom is -0.337 e. The van der Waals surface area contributed by atoms with Gasteiger partial charge in [-0.25, -0.2) is 0 Å². The molecule has 0 aromatic carbocycles. The van der Waals surface area contributed by atoms with E-state index in [2.05, 4.69) is 0 Å². The Hall–Kier alpha value is -0.570. The minimum absolute atomic E-state index is 0.167. The van der Waals surface area contributed by atoms with Crippen LogP contribution in [0.1, 0.15) is 13.3 Å². The van der Waals surface area contributed by atoms with Crippen molar-refractivity contribution in [2.75, 3.05) is 13.6 Å². The van der Waals surface area contributed by atoms with Crippen LogP contribution >= 0.6 is 0 Å². The first-order valence-corrected chi connectivity index (χ1v) is 3.01. The van der Waals surface area contributed by atoms with Gasteiger partial charge in [-0.2, -0.15) is 0 Å². The summed E-state index contributed by atoms with van der Waals surface area (Å²) in [4.78, 5) is 11.3. The molecule has 0 heterocycles. The van der Waals surface area contributed by atoms with E-state index < -0.39 is 0 Å². The van der Waals surface area contributed by atoms with E-state index in [4.69, 9.17) is 5.73 Å². The zero-order chi connectivity index (χ0) is 7.28. The monoisotopic (exact) mass is 129 g/mol. The van der Waals surface area contributed by atoms with Gasteiger partial charge >= 0.3 is 6.41 Å². The molecule has 0 rings (SSSR count). The summed E-state index contributed by atoms with van der Waals surface area (Å²) < 4.78 is 0. The molecule has 3 heteroatoms. The molecule has 1 unspecified atom stereocenters. The maximum atomic E-state index is 9.88. The Morgan fingerprint density at radius 2 is 2.33 bits per heavy atom. The van der Waals surface area contributed by atoms with Crippen LogP contribution < -0.4 is 5.73 Å². The van der Waals surface area contributed by atoms with Crippen molar-refractivity contribution in [1.82, 2.24) is 4.90 Å². The average molecular weight is 129 g/mol. The molecule has 0 bridgehead atoms.